The lowest BCUT2D eigenvalue weighted by Gasteiger charge is -2.22. The second kappa shape index (κ2) is 5.63. The zero-order chi connectivity index (χ0) is 12.2. The van der Waals surface area contributed by atoms with Gasteiger partial charge >= 0.3 is 5.97 Å². The molecule has 1 saturated heterocycles. The second-order valence-electron chi connectivity index (χ2n) is 4.09. The summed E-state index contributed by atoms with van der Waals surface area (Å²) in [4.78, 5) is 13.1. The summed E-state index contributed by atoms with van der Waals surface area (Å²) < 4.78 is 27.3. The molecule has 1 fully saturated rings. The van der Waals surface area contributed by atoms with Crippen molar-refractivity contribution in [2.45, 2.75) is 25.8 Å². The van der Waals surface area contributed by atoms with E-state index in [1.54, 1.807) is 6.92 Å². The van der Waals surface area contributed by atoms with E-state index in [4.69, 9.17) is 4.74 Å². The van der Waals surface area contributed by atoms with Gasteiger partial charge in [0.15, 0.2) is 9.84 Å². The Balaban J connectivity index is 2.31. The van der Waals surface area contributed by atoms with Gasteiger partial charge in [-0.15, -0.1) is 0 Å². The molecule has 0 saturated carbocycles. The molecule has 0 aromatic rings. The highest BCUT2D eigenvalue weighted by Crippen LogP contribution is 2.16. The summed E-state index contributed by atoms with van der Waals surface area (Å²) in [5.41, 5.74) is 0. The minimum atomic E-state index is -2.85. The first kappa shape index (κ1) is 13.4. The van der Waals surface area contributed by atoms with Gasteiger partial charge < -0.3 is 9.64 Å². The van der Waals surface area contributed by atoms with Crippen LogP contribution in [0.15, 0.2) is 0 Å². The van der Waals surface area contributed by atoms with Gasteiger partial charge in [0, 0.05) is 12.6 Å². The number of ether oxygens (including phenoxy) is 1. The molecule has 0 radical (unpaired) electrons. The molecule has 0 aromatic carbocycles. The number of hydrogen-bond donors (Lipinski definition) is 0. The summed E-state index contributed by atoms with van der Waals surface area (Å²) in [5.74, 6) is 0.253. The first-order valence-electron chi connectivity index (χ1n) is 5.51. The number of hydrogen-bond acceptors (Lipinski definition) is 5. The van der Waals surface area contributed by atoms with Crippen LogP contribution in [-0.2, 0) is 19.4 Å². The van der Waals surface area contributed by atoms with Crippen molar-refractivity contribution in [3.63, 3.8) is 0 Å². The van der Waals surface area contributed by atoms with Gasteiger partial charge in [-0.05, 0) is 20.4 Å². The molecule has 1 atom stereocenters. The molecule has 0 amide bonds. The molecule has 16 heavy (non-hydrogen) atoms. The molecule has 5 nitrogen and oxygen atoms in total. The Labute approximate surface area is 96.7 Å². The average molecular weight is 249 g/mol. The minimum Gasteiger partial charge on any atom is -0.466 e. The lowest BCUT2D eigenvalue weighted by Crippen LogP contribution is -2.34. The van der Waals surface area contributed by atoms with E-state index in [-0.39, 0.29) is 23.5 Å². The average Bonchev–Trinajstić information content (AvgIpc) is 2.56. The van der Waals surface area contributed by atoms with Gasteiger partial charge in [0.25, 0.3) is 0 Å². The fourth-order valence-corrected chi connectivity index (χ4v) is 3.61. The van der Waals surface area contributed by atoms with Crippen molar-refractivity contribution in [2.24, 2.45) is 0 Å². The zero-order valence-corrected chi connectivity index (χ0v) is 10.6. The summed E-state index contributed by atoms with van der Waals surface area (Å²) in [6, 6.07) is 0.0550. The van der Waals surface area contributed by atoms with Crippen molar-refractivity contribution in [1.82, 2.24) is 4.90 Å². The van der Waals surface area contributed by atoms with E-state index in [0.29, 0.717) is 26.0 Å². The predicted octanol–water partition coefficient (Wildman–Crippen LogP) is 0.0585. The topological polar surface area (TPSA) is 63.7 Å². The maximum absolute atomic E-state index is 11.3. The normalized spacial score (nSPS) is 23.6. The molecule has 94 valence electrons. The molecule has 0 spiro atoms. The van der Waals surface area contributed by atoms with Crippen molar-refractivity contribution in [1.29, 1.82) is 0 Å². The van der Waals surface area contributed by atoms with Gasteiger partial charge in [0.2, 0.25) is 0 Å². The Bertz CT molecular complexity index is 339. The van der Waals surface area contributed by atoms with Gasteiger partial charge in [0.1, 0.15) is 0 Å². The van der Waals surface area contributed by atoms with Crippen molar-refractivity contribution in [3.8, 4) is 0 Å². The van der Waals surface area contributed by atoms with E-state index < -0.39 is 9.84 Å². The van der Waals surface area contributed by atoms with Crippen molar-refractivity contribution in [3.05, 3.63) is 0 Å². The van der Waals surface area contributed by atoms with Crippen LogP contribution in [0.1, 0.15) is 19.8 Å². The molecular formula is C10H19NO4S. The van der Waals surface area contributed by atoms with Gasteiger partial charge in [-0.25, -0.2) is 8.42 Å². The fourth-order valence-electron chi connectivity index (χ4n) is 1.81. The minimum absolute atomic E-state index is 0.0550. The summed E-state index contributed by atoms with van der Waals surface area (Å²) >= 11 is 0. The number of nitrogens with zero attached hydrogens (tertiary/aromatic N) is 1. The molecule has 6 heteroatoms. The molecule has 1 heterocycles. The standard InChI is InChI=1S/C10H19NO4S/c1-3-15-10(12)4-6-11(2)9-5-7-16(13,14)8-9/h9H,3-8H2,1-2H3. The number of carbonyl (C=O) groups excluding carboxylic acids is 1. The molecule has 1 aliphatic rings. The molecule has 1 rings (SSSR count). The lowest BCUT2D eigenvalue weighted by atomic mass is 10.2. The largest absolute Gasteiger partial charge is 0.466 e. The SMILES string of the molecule is CCOC(=O)CCN(C)C1CCS(=O)(=O)C1. The predicted molar refractivity (Wildman–Crippen MR) is 60.9 cm³/mol. The summed E-state index contributed by atoms with van der Waals surface area (Å²) in [6.45, 7) is 2.71. The van der Waals surface area contributed by atoms with Crippen LogP contribution in [0.25, 0.3) is 0 Å². The fraction of sp³-hybridized carbons (Fsp3) is 0.900. The van der Waals surface area contributed by atoms with Crippen LogP contribution < -0.4 is 0 Å². The Morgan fingerprint density at radius 3 is 2.69 bits per heavy atom. The van der Waals surface area contributed by atoms with Gasteiger partial charge in [-0.2, -0.15) is 0 Å². The van der Waals surface area contributed by atoms with Crippen LogP contribution >= 0.6 is 0 Å². The van der Waals surface area contributed by atoms with E-state index in [0.717, 1.165) is 0 Å². The maximum Gasteiger partial charge on any atom is 0.307 e. The van der Waals surface area contributed by atoms with E-state index in [1.807, 2.05) is 11.9 Å². The maximum atomic E-state index is 11.3. The highest BCUT2D eigenvalue weighted by atomic mass is 32.2. The Morgan fingerprint density at radius 2 is 2.19 bits per heavy atom. The quantitative estimate of drug-likeness (QED) is 0.645. The molecule has 1 aliphatic heterocycles. The van der Waals surface area contributed by atoms with Gasteiger partial charge in [-0.3, -0.25) is 4.79 Å². The van der Waals surface area contributed by atoms with Crippen LogP contribution in [0.2, 0.25) is 0 Å². The molecule has 1 unspecified atom stereocenters. The number of carbonyl (C=O) groups is 1. The smallest absolute Gasteiger partial charge is 0.307 e. The van der Waals surface area contributed by atoms with Crippen molar-refractivity contribution >= 4 is 15.8 Å². The number of esters is 1. The van der Waals surface area contributed by atoms with E-state index in [1.165, 1.54) is 0 Å². The monoisotopic (exact) mass is 249 g/mol. The van der Waals surface area contributed by atoms with E-state index >= 15 is 0 Å². The van der Waals surface area contributed by atoms with E-state index in [9.17, 15) is 13.2 Å². The Kier molecular flexibility index (Phi) is 4.73. The first-order chi connectivity index (χ1) is 7.44. The van der Waals surface area contributed by atoms with Crippen LogP contribution in [-0.4, -0.2) is 57.0 Å². The van der Waals surface area contributed by atoms with Crippen LogP contribution in [0.3, 0.4) is 0 Å². The third kappa shape index (κ3) is 4.09. The van der Waals surface area contributed by atoms with Gasteiger partial charge in [0.05, 0.1) is 24.5 Å². The molecule has 0 bridgehead atoms. The summed E-state index contributed by atoms with van der Waals surface area (Å²) in [7, 11) is -0.995. The third-order valence-electron chi connectivity index (χ3n) is 2.81. The number of rotatable bonds is 5. The molecular weight excluding hydrogens is 230 g/mol. The zero-order valence-electron chi connectivity index (χ0n) is 9.81. The third-order valence-corrected chi connectivity index (χ3v) is 4.56. The first-order valence-corrected chi connectivity index (χ1v) is 7.33. The molecule has 0 aliphatic carbocycles. The van der Waals surface area contributed by atoms with E-state index in [2.05, 4.69) is 0 Å². The van der Waals surface area contributed by atoms with Crippen LogP contribution in [0.4, 0.5) is 0 Å². The Hall–Kier alpha value is -0.620. The summed E-state index contributed by atoms with van der Waals surface area (Å²) in [6.07, 6.45) is 0.989. The second-order valence-corrected chi connectivity index (χ2v) is 6.32. The van der Waals surface area contributed by atoms with Gasteiger partial charge in [-0.1, -0.05) is 0 Å². The molecule has 0 aromatic heterocycles. The molecule has 0 N–H and O–H groups in total. The highest BCUT2D eigenvalue weighted by molar-refractivity contribution is 7.91. The van der Waals surface area contributed by atoms with Crippen molar-refractivity contribution < 1.29 is 17.9 Å². The highest BCUT2D eigenvalue weighted by Gasteiger charge is 2.30. The lowest BCUT2D eigenvalue weighted by molar-refractivity contribution is -0.143. The summed E-state index contributed by atoms with van der Waals surface area (Å²) in [5, 5.41) is 0. The van der Waals surface area contributed by atoms with Crippen LogP contribution in [0, 0.1) is 0 Å². The van der Waals surface area contributed by atoms with Crippen LogP contribution in [0.5, 0.6) is 0 Å². The van der Waals surface area contributed by atoms with Crippen molar-refractivity contribution in [2.75, 3.05) is 31.7 Å². The number of sulfone groups is 1. The Morgan fingerprint density at radius 1 is 1.50 bits per heavy atom.